The zero-order valence-corrected chi connectivity index (χ0v) is 18.5. The number of pyridine rings is 1. The lowest BCUT2D eigenvalue weighted by Crippen LogP contribution is -2.38. The monoisotopic (exact) mass is 458 g/mol. The number of carbonyl (C=O) groups is 1. The first kappa shape index (κ1) is 22.0. The molecule has 0 N–H and O–H groups in total. The molecular weight excluding hydrogens is 438 g/mol. The van der Waals surface area contributed by atoms with Gasteiger partial charge in [-0.2, -0.15) is 0 Å². The molecule has 3 aromatic rings. The minimum absolute atomic E-state index is 0.00378. The van der Waals surface area contributed by atoms with E-state index < -0.39 is 17.2 Å². The average molecular weight is 459 g/mol. The molecule has 32 heavy (non-hydrogen) atoms. The highest BCUT2D eigenvalue weighted by atomic mass is 35.5. The molecular formula is C24H21ClF2N2O3. The molecule has 2 heterocycles. The standard InChI is InChI=1S/C24H21ClF2N2O3/c1-24(2)21-15(13-32-20-10-17(27)11-28-22(20)25)8-16(26)9-19(21)23(30)29(24)12-14-4-6-18(31-3)7-5-14/h4-11H,12-13H2,1-3H3. The summed E-state index contributed by atoms with van der Waals surface area (Å²) in [4.78, 5) is 18.6. The molecule has 0 bridgehead atoms. The third-order valence-electron chi connectivity index (χ3n) is 5.60. The molecule has 0 radical (unpaired) electrons. The lowest BCUT2D eigenvalue weighted by atomic mass is 9.89. The van der Waals surface area contributed by atoms with Crippen molar-refractivity contribution in [3.8, 4) is 11.5 Å². The lowest BCUT2D eigenvalue weighted by Gasteiger charge is -2.33. The molecule has 0 atom stereocenters. The largest absolute Gasteiger partial charge is 0.497 e. The summed E-state index contributed by atoms with van der Waals surface area (Å²) in [5.74, 6) is -0.665. The predicted octanol–water partition coefficient (Wildman–Crippen LogP) is 5.49. The molecule has 166 valence electrons. The topological polar surface area (TPSA) is 51.7 Å². The molecule has 0 fully saturated rings. The Kier molecular flexibility index (Phi) is 5.77. The van der Waals surface area contributed by atoms with Crippen molar-refractivity contribution < 1.29 is 23.0 Å². The van der Waals surface area contributed by atoms with Crippen molar-refractivity contribution in [3.05, 3.63) is 87.7 Å². The summed E-state index contributed by atoms with van der Waals surface area (Å²) < 4.78 is 38.8. The van der Waals surface area contributed by atoms with Crippen molar-refractivity contribution in [1.29, 1.82) is 0 Å². The minimum atomic E-state index is -0.733. The van der Waals surface area contributed by atoms with Gasteiger partial charge in [-0.05, 0) is 54.8 Å². The Morgan fingerprint density at radius 3 is 2.50 bits per heavy atom. The number of rotatable bonds is 6. The van der Waals surface area contributed by atoms with Gasteiger partial charge in [0.05, 0.1) is 18.8 Å². The molecule has 0 unspecified atom stereocenters. The van der Waals surface area contributed by atoms with Crippen molar-refractivity contribution in [3.63, 3.8) is 0 Å². The summed E-state index contributed by atoms with van der Waals surface area (Å²) in [6.07, 6.45) is 0.980. The molecule has 0 saturated carbocycles. The second-order valence-electron chi connectivity index (χ2n) is 8.02. The molecule has 2 aromatic carbocycles. The summed E-state index contributed by atoms with van der Waals surface area (Å²) in [5.41, 5.74) is 1.61. The van der Waals surface area contributed by atoms with Crippen LogP contribution in [0.1, 0.15) is 40.9 Å². The highest BCUT2D eigenvalue weighted by Crippen LogP contribution is 2.42. The van der Waals surface area contributed by atoms with Gasteiger partial charge in [-0.3, -0.25) is 4.79 Å². The van der Waals surface area contributed by atoms with Crippen LogP contribution in [-0.4, -0.2) is 22.9 Å². The molecule has 1 aliphatic rings. The number of aromatic nitrogens is 1. The number of hydrogen-bond acceptors (Lipinski definition) is 4. The molecule has 8 heteroatoms. The average Bonchev–Trinajstić information content (AvgIpc) is 2.95. The van der Waals surface area contributed by atoms with Gasteiger partial charge in [0.1, 0.15) is 24.0 Å². The van der Waals surface area contributed by atoms with Crippen LogP contribution in [-0.2, 0) is 18.7 Å². The molecule has 0 spiro atoms. The van der Waals surface area contributed by atoms with Gasteiger partial charge in [-0.15, -0.1) is 0 Å². The second kappa shape index (κ2) is 8.39. The van der Waals surface area contributed by atoms with Gasteiger partial charge in [0.2, 0.25) is 0 Å². The smallest absolute Gasteiger partial charge is 0.255 e. The minimum Gasteiger partial charge on any atom is -0.497 e. The van der Waals surface area contributed by atoms with E-state index in [0.29, 0.717) is 17.7 Å². The molecule has 1 aliphatic heterocycles. The highest BCUT2D eigenvalue weighted by Gasteiger charge is 2.44. The van der Waals surface area contributed by atoms with E-state index in [1.807, 2.05) is 38.1 Å². The van der Waals surface area contributed by atoms with E-state index in [9.17, 15) is 13.6 Å². The number of methoxy groups -OCH3 is 1. The molecule has 4 rings (SSSR count). The van der Waals surface area contributed by atoms with Gasteiger partial charge >= 0.3 is 0 Å². The van der Waals surface area contributed by atoms with Crippen molar-refractivity contribution in [2.75, 3.05) is 7.11 Å². The Bertz CT molecular complexity index is 1180. The second-order valence-corrected chi connectivity index (χ2v) is 8.38. The van der Waals surface area contributed by atoms with Crippen molar-refractivity contribution in [1.82, 2.24) is 9.88 Å². The predicted molar refractivity (Wildman–Crippen MR) is 116 cm³/mol. The zero-order valence-electron chi connectivity index (χ0n) is 17.8. The van der Waals surface area contributed by atoms with Crippen molar-refractivity contribution in [2.45, 2.75) is 32.5 Å². The summed E-state index contributed by atoms with van der Waals surface area (Å²) in [6.45, 7) is 4.04. The third kappa shape index (κ3) is 4.00. The fourth-order valence-electron chi connectivity index (χ4n) is 4.05. The fraction of sp³-hybridized carbons (Fsp3) is 0.250. The maximum Gasteiger partial charge on any atom is 0.255 e. The number of halogens is 3. The molecule has 5 nitrogen and oxygen atoms in total. The first-order valence-electron chi connectivity index (χ1n) is 9.92. The lowest BCUT2D eigenvalue weighted by molar-refractivity contribution is 0.0593. The number of nitrogens with zero attached hydrogens (tertiary/aromatic N) is 2. The summed E-state index contributed by atoms with van der Waals surface area (Å²) in [7, 11) is 1.59. The SMILES string of the molecule is COc1ccc(CN2C(=O)c3cc(F)cc(COc4cc(F)cnc4Cl)c3C2(C)C)cc1. The number of hydrogen-bond donors (Lipinski definition) is 0. The summed E-state index contributed by atoms with van der Waals surface area (Å²) >= 11 is 5.98. The van der Waals surface area contributed by atoms with Gasteiger partial charge in [-0.1, -0.05) is 23.7 Å². The van der Waals surface area contributed by atoms with Crippen molar-refractivity contribution >= 4 is 17.5 Å². The first-order valence-corrected chi connectivity index (χ1v) is 10.3. The van der Waals surface area contributed by atoms with Crippen LogP contribution in [0.5, 0.6) is 11.5 Å². The Morgan fingerprint density at radius 2 is 1.81 bits per heavy atom. The summed E-state index contributed by atoms with van der Waals surface area (Å²) in [6, 6.07) is 11.1. The van der Waals surface area contributed by atoms with Crippen LogP contribution in [0.3, 0.4) is 0 Å². The van der Waals surface area contributed by atoms with E-state index in [0.717, 1.165) is 23.6 Å². The number of fused-ring (bicyclic) bond motifs is 1. The maximum atomic E-state index is 14.4. The van der Waals surface area contributed by atoms with Gasteiger partial charge in [0.25, 0.3) is 5.91 Å². The van der Waals surface area contributed by atoms with E-state index in [1.54, 1.807) is 12.0 Å². The van der Waals surface area contributed by atoms with E-state index >= 15 is 0 Å². The maximum absolute atomic E-state index is 14.4. The number of benzene rings is 2. The van der Waals surface area contributed by atoms with Crippen LogP contribution in [0, 0.1) is 11.6 Å². The number of carbonyl (C=O) groups excluding carboxylic acids is 1. The summed E-state index contributed by atoms with van der Waals surface area (Å²) in [5, 5.41) is -0.00378. The van der Waals surface area contributed by atoms with Gasteiger partial charge in [0.15, 0.2) is 10.9 Å². The van der Waals surface area contributed by atoms with E-state index in [1.165, 1.54) is 12.1 Å². The van der Waals surface area contributed by atoms with Gasteiger partial charge in [0, 0.05) is 18.2 Å². The van der Waals surface area contributed by atoms with Crippen LogP contribution in [0.25, 0.3) is 0 Å². The molecule has 1 amide bonds. The van der Waals surface area contributed by atoms with Gasteiger partial charge < -0.3 is 14.4 Å². The quantitative estimate of drug-likeness (QED) is 0.458. The van der Waals surface area contributed by atoms with Crippen LogP contribution < -0.4 is 9.47 Å². The Hall–Kier alpha value is -3.19. The normalized spacial score (nSPS) is 14.4. The molecule has 0 aliphatic carbocycles. The van der Waals surface area contributed by atoms with Crippen molar-refractivity contribution in [2.24, 2.45) is 0 Å². The Balaban J connectivity index is 1.66. The van der Waals surface area contributed by atoms with Crippen LogP contribution >= 0.6 is 11.6 Å². The fourth-order valence-corrected chi connectivity index (χ4v) is 4.20. The van der Waals surface area contributed by atoms with Crippen LogP contribution in [0.15, 0.2) is 48.7 Å². The van der Waals surface area contributed by atoms with Gasteiger partial charge in [-0.25, -0.2) is 13.8 Å². The van der Waals surface area contributed by atoms with E-state index in [4.69, 9.17) is 21.1 Å². The van der Waals surface area contributed by atoms with Crippen LogP contribution in [0.2, 0.25) is 5.15 Å². The number of ether oxygens (including phenoxy) is 2. The Morgan fingerprint density at radius 1 is 1.09 bits per heavy atom. The van der Waals surface area contributed by atoms with E-state index in [-0.39, 0.29) is 29.0 Å². The molecule has 1 aromatic heterocycles. The third-order valence-corrected chi connectivity index (χ3v) is 5.89. The molecule has 0 saturated heterocycles. The van der Waals surface area contributed by atoms with E-state index in [2.05, 4.69) is 4.98 Å². The Labute approximate surface area is 189 Å². The zero-order chi connectivity index (χ0) is 23.0. The van der Waals surface area contributed by atoms with Crippen LogP contribution in [0.4, 0.5) is 8.78 Å². The number of amides is 1. The highest BCUT2D eigenvalue weighted by molar-refractivity contribution is 6.30. The first-order chi connectivity index (χ1) is 15.2.